The van der Waals surface area contributed by atoms with Crippen LogP contribution in [0.5, 0.6) is 0 Å². The second kappa shape index (κ2) is 27.1. The first-order valence-electron chi connectivity index (χ1n) is 11.2. The van der Waals surface area contributed by atoms with Gasteiger partial charge in [0.05, 0.1) is 25.8 Å². The van der Waals surface area contributed by atoms with Crippen molar-refractivity contribution >= 4 is 47.6 Å². The first-order chi connectivity index (χ1) is 18.5. The van der Waals surface area contributed by atoms with Gasteiger partial charge in [-0.25, -0.2) is 0 Å². The number of aliphatic carboxylic acids is 5. The maximum absolute atomic E-state index is 10.2. The predicted octanol–water partition coefficient (Wildman–Crippen LogP) is -5.70. The molecular formula is C20H42N8O13. The standard InChI is InChI=1S/C6H13NO2.3C4H8N2O3.C2H5NO2/c1-3-4(2)5(7)6(8)9;3*5-2(4(8)9)1-3(6)7;3-1-2(4)5/h4-5H,3,7H2,1-2H3,(H,8,9);3*2H,1,5H2,(H2,6,7)(H,8,9);1,3H2,(H,4,5)/t4-,5-;3*2-;/m0000./s1. The maximum atomic E-state index is 10.2. The van der Waals surface area contributed by atoms with Crippen LogP contribution in [0.1, 0.15) is 39.5 Å². The van der Waals surface area contributed by atoms with Crippen LogP contribution in [0.15, 0.2) is 0 Å². The first-order valence-corrected chi connectivity index (χ1v) is 11.2. The van der Waals surface area contributed by atoms with Crippen molar-refractivity contribution in [3.8, 4) is 0 Å². The van der Waals surface area contributed by atoms with E-state index in [0.29, 0.717) is 0 Å². The molecule has 0 radical (unpaired) electrons. The molecule has 21 nitrogen and oxygen atoms in total. The summed E-state index contributed by atoms with van der Waals surface area (Å²) >= 11 is 0. The zero-order chi connectivity index (χ0) is 34.0. The number of hydrogen-bond acceptors (Lipinski definition) is 13. The zero-order valence-electron chi connectivity index (χ0n) is 22.5. The molecule has 0 aliphatic carbocycles. The fourth-order valence-electron chi connectivity index (χ4n) is 1.41. The van der Waals surface area contributed by atoms with Gasteiger partial charge in [-0.1, -0.05) is 20.3 Å². The third kappa shape index (κ3) is 40.2. The molecule has 21 heteroatoms. The predicted molar refractivity (Wildman–Crippen MR) is 140 cm³/mol. The highest BCUT2D eigenvalue weighted by Gasteiger charge is 2.17. The fraction of sp³-hybridized carbons (Fsp3) is 0.600. The van der Waals surface area contributed by atoms with Crippen molar-refractivity contribution in [2.45, 2.75) is 63.7 Å². The Hall–Kier alpha value is -4.44. The Bertz CT molecular complexity index is 781. The van der Waals surface area contributed by atoms with Crippen molar-refractivity contribution in [1.82, 2.24) is 0 Å². The van der Waals surface area contributed by atoms with E-state index in [9.17, 15) is 38.4 Å². The molecule has 0 aliphatic heterocycles. The molecule has 0 unspecified atom stereocenters. The van der Waals surface area contributed by atoms with Gasteiger partial charge in [0.2, 0.25) is 17.7 Å². The van der Waals surface area contributed by atoms with E-state index >= 15 is 0 Å². The summed E-state index contributed by atoms with van der Waals surface area (Å²) in [6, 6.07) is -4.19. The molecule has 41 heavy (non-hydrogen) atoms. The molecule has 0 aromatic carbocycles. The van der Waals surface area contributed by atoms with Crippen molar-refractivity contribution in [3.63, 3.8) is 0 Å². The molecule has 0 aromatic rings. The van der Waals surface area contributed by atoms with Gasteiger partial charge in [-0.3, -0.25) is 38.4 Å². The van der Waals surface area contributed by atoms with E-state index in [1.54, 1.807) is 0 Å². The van der Waals surface area contributed by atoms with Crippen molar-refractivity contribution in [1.29, 1.82) is 0 Å². The third-order valence-corrected chi connectivity index (χ3v) is 3.93. The molecule has 0 saturated carbocycles. The lowest BCUT2D eigenvalue weighted by molar-refractivity contribution is -0.140. The normalized spacial score (nSPS) is 12.9. The van der Waals surface area contributed by atoms with E-state index in [4.69, 9.17) is 48.5 Å². The van der Waals surface area contributed by atoms with Gasteiger partial charge < -0.3 is 71.4 Å². The van der Waals surface area contributed by atoms with Crippen molar-refractivity contribution in [3.05, 3.63) is 0 Å². The Labute approximate surface area is 234 Å². The fourth-order valence-corrected chi connectivity index (χ4v) is 1.41. The molecule has 0 aromatic heterocycles. The number of hydrogen-bond donors (Lipinski definition) is 13. The molecule has 0 rings (SSSR count). The number of carbonyl (C=O) groups excluding carboxylic acids is 3. The van der Waals surface area contributed by atoms with Gasteiger partial charge in [-0.05, 0) is 5.92 Å². The highest BCUT2D eigenvalue weighted by molar-refractivity contribution is 5.84. The molecule has 0 fully saturated rings. The van der Waals surface area contributed by atoms with Gasteiger partial charge in [0.25, 0.3) is 0 Å². The van der Waals surface area contributed by atoms with Crippen LogP contribution >= 0.6 is 0 Å². The highest BCUT2D eigenvalue weighted by atomic mass is 16.4. The van der Waals surface area contributed by atoms with Crippen LogP contribution in [0.25, 0.3) is 0 Å². The second-order valence-corrected chi connectivity index (χ2v) is 7.69. The summed E-state index contributed by atoms with van der Waals surface area (Å²) in [7, 11) is 0. The minimum atomic E-state index is -1.21. The minimum absolute atomic E-state index is 0.0718. The molecule has 240 valence electrons. The van der Waals surface area contributed by atoms with E-state index in [2.05, 4.69) is 22.9 Å². The van der Waals surface area contributed by atoms with Gasteiger partial charge in [0.15, 0.2) is 0 Å². The first kappa shape index (κ1) is 46.4. The zero-order valence-corrected chi connectivity index (χ0v) is 22.5. The molecule has 0 bridgehead atoms. The molecule has 21 N–H and O–H groups in total. The van der Waals surface area contributed by atoms with Crippen LogP contribution in [-0.2, 0) is 38.4 Å². The lowest BCUT2D eigenvalue weighted by Gasteiger charge is -2.11. The van der Waals surface area contributed by atoms with Crippen LogP contribution in [-0.4, -0.2) is 104 Å². The number of carbonyl (C=O) groups is 8. The number of carboxylic acids is 5. The molecule has 3 amide bonds. The number of carboxylic acid groups (broad SMARTS) is 5. The van der Waals surface area contributed by atoms with Crippen LogP contribution in [0, 0.1) is 5.92 Å². The molecule has 5 atom stereocenters. The van der Waals surface area contributed by atoms with Crippen molar-refractivity contribution in [2.24, 2.45) is 51.8 Å². The van der Waals surface area contributed by atoms with Crippen LogP contribution in [0.3, 0.4) is 0 Å². The molecule has 0 heterocycles. The number of amides is 3. The van der Waals surface area contributed by atoms with Gasteiger partial charge in [-0.2, -0.15) is 0 Å². The lowest BCUT2D eigenvalue weighted by atomic mass is 10.0. The largest absolute Gasteiger partial charge is 0.480 e. The average Bonchev–Trinajstić information content (AvgIpc) is 2.83. The number of nitrogens with two attached hydrogens (primary N) is 8. The Morgan fingerprint density at radius 2 is 0.780 bits per heavy atom. The Morgan fingerprint density at radius 1 is 0.561 bits per heavy atom. The number of rotatable bonds is 13. The molecule has 0 spiro atoms. The quantitative estimate of drug-likeness (QED) is 0.0933. The summed E-state index contributed by atoms with van der Waals surface area (Å²) in [5.41, 5.74) is 38.5. The van der Waals surface area contributed by atoms with E-state index in [-0.39, 0.29) is 31.7 Å². The lowest BCUT2D eigenvalue weighted by Crippen LogP contribution is -2.36. The van der Waals surface area contributed by atoms with E-state index < -0.39 is 71.7 Å². The minimum Gasteiger partial charge on any atom is -0.480 e. The van der Waals surface area contributed by atoms with E-state index in [1.807, 2.05) is 13.8 Å². The summed E-state index contributed by atoms with van der Waals surface area (Å²) in [6.07, 6.45) is -0.118. The van der Waals surface area contributed by atoms with E-state index in [0.717, 1.165) is 6.42 Å². The average molecular weight is 603 g/mol. The Balaban J connectivity index is -0.000000133. The Kier molecular flexibility index (Phi) is 30.7. The summed E-state index contributed by atoms with van der Waals surface area (Å²) in [5, 5.41) is 40.3. The summed E-state index contributed by atoms with van der Waals surface area (Å²) in [6.45, 7) is 3.48. The van der Waals surface area contributed by atoms with Crippen molar-refractivity contribution in [2.75, 3.05) is 6.54 Å². The van der Waals surface area contributed by atoms with Gasteiger partial charge >= 0.3 is 29.8 Å². The molecule has 0 aliphatic rings. The Morgan fingerprint density at radius 3 is 0.829 bits per heavy atom. The summed E-state index contributed by atoms with van der Waals surface area (Å²) in [4.78, 5) is 79.1. The van der Waals surface area contributed by atoms with E-state index in [1.165, 1.54) is 0 Å². The van der Waals surface area contributed by atoms with Crippen LogP contribution in [0.4, 0.5) is 0 Å². The maximum Gasteiger partial charge on any atom is 0.321 e. The third-order valence-electron chi connectivity index (χ3n) is 3.93. The summed E-state index contributed by atoms with van der Waals surface area (Å²) < 4.78 is 0. The van der Waals surface area contributed by atoms with Crippen LogP contribution < -0.4 is 45.9 Å². The number of primary amides is 3. The smallest absolute Gasteiger partial charge is 0.321 e. The van der Waals surface area contributed by atoms with Gasteiger partial charge in [0, 0.05) is 0 Å². The molecular weight excluding hydrogens is 560 g/mol. The van der Waals surface area contributed by atoms with Crippen LogP contribution in [0.2, 0.25) is 0 Å². The second-order valence-electron chi connectivity index (χ2n) is 7.69. The SMILES string of the molecule is CC[C@H](C)[C@H](N)C(=O)O.NC(=O)C[C@H](N)C(=O)O.NC(=O)C[C@H](N)C(=O)O.NC(=O)C[C@H](N)C(=O)O.NCC(=O)O. The topological polar surface area (TPSA) is 446 Å². The highest BCUT2D eigenvalue weighted by Crippen LogP contribution is 2.04. The van der Waals surface area contributed by atoms with Gasteiger partial charge in [-0.15, -0.1) is 0 Å². The molecule has 0 saturated heterocycles. The summed E-state index contributed by atoms with van der Waals surface area (Å²) in [5.74, 6) is -7.56. The van der Waals surface area contributed by atoms with Crippen molar-refractivity contribution < 1.29 is 63.9 Å². The monoisotopic (exact) mass is 602 g/mol. The van der Waals surface area contributed by atoms with Gasteiger partial charge in [0.1, 0.15) is 24.2 Å².